The molecule has 14 nitrogen and oxygen atoms in total. The highest BCUT2D eigenvalue weighted by atomic mass is 16.5. The largest absolute Gasteiger partial charge is 0.496 e. The third-order valence-corrected chi connectivity index (χ3v) is 9.71. The van der Waals surface area contributed by atoms with Gasteiger partial charge >= 0.3 is 0 Å². The van der Waals surface area contributed by atoms with Crippen LogP contribution in [0.15, 0.2) is 66.7 Å². The molecule has 14 heteroatoms. The van der Waals surface area contributed by atoms with Gasteiger partial charge in [-0.05, 0) is 81.3 Å². The van der Waals surface area contributed by atoms with Crippen molar-refractivity contribution in [3.05, 3.63) is 83.4 Å². The molecule has 4 bridgehead atoms. The number of fused-ring (bicyclic) bond motifs is 18. The molecule has 3 aromatic rings. The predicted octanol–water partition coefficient (Wildman–Crippen LogP) is 2.86. The van der Waals surface area contributed by atoms with Crippen LogP contribution in [0.25, 0.3) is 0 Å². The van der Waals surface area contributed by atoms with Gasteiger partial charge in [0, 0.05) is 36.8 Å². The van der Waals surface area contributed by atoms with Crippen LogP contribution in [-0.2, 0) is 32.1 Å². The molecule has 5 N–H and O–H groups in total. The van der Waals surface area contributed by atoms with Gasteiger partial charge in [-0.2, -0.15) is 0 Å². The minimum atomic E-state index is -1.01. The molecule has 1 saturated carbocycles. The number of hydrogen-bond acceptors (Lipinski definition) is 9. The Morgan fingerprint density at radius 2 is 1.67 bits per heavy atom. The van der Waals surface area contributed by atoms with E-state index in [-0.39, 0.29) is 44.5 Å². The van der Waals surface area contributed by atoms with Gasteiger partial charge in [-0.3, -0.25) is 24.0 Å². The molecule has 6 rings (SSSR count). The maximum Gasteiger partial charge on any atom is 0.251 e. The van der Waals surface area contributed by atoms with Crippen molar-refractivity contribution in [1.29, 1.82) is 0 Å². The van der Waals surface area contributed by atoms with Crippen LogP contribution in [0.1, 0.15) is 60.5 Å². The van der Waals surface area contributed by atoms with Gasteiger partial charge in [0.15, 0.2) is 11.5 Å². The Hall–Kier alpha value is -5.63. The Morgan fingerprint density at radius 3 is 2.37 bits per heavy atom. The zero-order valence-electron chi connectivity index (χ0n) is 30.9. The lowest BCUT2D eigenvalue weighted by molar-refractivity contribution is -0.142. The van der Waals surface area contributed by atoms with E-state index in [1.165, 1.54) is 19.1 Å². The lowest BCUT2D eigenvalue weighted by Crippen LogP contribution is -2.54. The van der Waals surface area contributed by atoms with Crippen LogP contribution < -0.4 is 35.5 Å². The van der Waals surface area contributed by atoms with Crippen LogP contribution in [0.5, 0.6) is 23.0 Å². The normalized spacial score (nSPS) is 19.8. The van der Waals surface area contributed by atoms with E-state index < -0.39 is 35.2 Å². The fraction of sp³-hybridized carbons (Fsp3) is 0.425. The third-order valence-electron chi connectivity index (χ3n) is 9.71. The van der Waals surface area contributed by atoms with Crippen LogP contribution in [0, 0.1) is 5.41 Å². The fourth-order valence-corrected chi connectivity index (χ4v) is 6.22. The van der Waals surface area contributed by atoms with Crippen LogP contribution in [0.2, 0.25) is 0 Å². The Morgan fingerprint density at radius 1 is 0.907 bits per heavy atom. The lowest BCUT2D eigenvalue weighted by atomic mass is 10.0. The first-order chi connectivity index (χ1) is 26.0. The molecular weight excluding hydrogens is 694 g/mol. The fourth-order valence-electron chi connectivity index (χ4n) is 6.22. The predicted molar refractivity (Wildman–Crippen MR) is 199 cm³/mol. The Bertz CT molecular complexity index is 1810. The summed E-state index contributed by atoms with van der Waals surface area (Å²) in [7, 11) is 2.98. The van der Waals surface area contributed by atoms with E-state index in [2.05, 4.69) is 21.3 Å². The first kappa shape index (κ1) is 39.6. The number of aliphatic hydroxyl groups excluding tert-OH is 1. The monoisotopic (exact) mass is 743 g/mol. The maximum absolute atomic E-state index is 13.6. The summed E-state index contributed by atoms with van der Waals surface area (Å²) in [5, 5.41) is 21.3. The molecule has 2 atom stereocenters. The molecule has 0 unspecified atom stereocenters. The molecule has 2 heterocycles. The van der Waals surface area contributed by atoms with Gasteiger partial charge < -0.3 is 45.5 Å². The molecule has 0 spiro atoms. The summed E-state index contributed by atoms with van der Waals surface area (Å²) in [6.45, 7) is 1.47. The molecule has 1 fully saturated rings. The quantitative estimate of drug-likeness (QED) is 0.227. The molecule has 54 heavy (non-hydrogen) atoms. The SMILES string of the molecule is COc1cc2ccc1CNC(=O)[C@H](C)NC(=O)[C@H](CCc1ccccc1)NC(=O)CN(C(=O)C1(CO)CC1)CCCCNC(=O)c1ccc(OC)c(c1)O2. The van der Waals surface area contributed by atoms with E-state index in [0.29, 0.717) is 72.8 Å². The van der Waals surface area contributed by atoms with Crippen LogP contribution in [-0.4, -0.2) is 92.1 Å². The zero-order valence-corrected chi connectivity index (χ0v) is 30.9. The molecule has 5 amide bonds. The molecular formula is C40H49N5O9. The van der Waals surface area contributed by atoms with Gasteiger partial charge in [0.1, 0.15) is 23.6 Å². The number of carbonyl (C=O) groups excluding carboxylic acids is 5. The van der Waals surface area contributed by atoms with Crippen LogP contribution >= 0.6 is 0 Å². The number of amides is 5. The van der Waals surface area contributed by atoms with E-state index in [1.54, 1.807) is 43.3 Å². The van der Waals surface area contributed by atoms with E-state index in [9.17, 15) is 29.1 Å². The van der Waals surface area contributed by atoms with Crippen molar-refractivity contribution in [2.75, 3.05) is 40.5 Å². The average molecular weight is 744 g/mol. The summed E-state index contributed by atoms with van der Waals surface area (Å²) in [6, 6.07) is 17.4. The van der Waals surface area contributed by atoms with Crippen molar-refractivity contribution in [1.82, 2.24) is 26.2 Å². The number of methoxy groups -OCH3 is 2. The number of aryl methyl sites for hydroxylation is 1. The van der Waals surface area contributed by atoms with Gasteiger partial charge in [-0.15, -0.1) is 0 Å². The van der Waals surface area contributed by atoms with Gasteiger partial charge in [0.25, 0.3) is 5.91 Å². The smallest absolute Gasteiger partial charge is 0.251 e. The number of nitrogens with one attached hydrogen (secondary N) is 4. The van der Waals surface area contributed by atoms with Crippen molar-refractivity contribution in [3.8, 4) is 23.0 Å². The second kappa shape index (κ2) is 18.4. The average Bonchev–Trinajstić information content (AvgIpc) is 3.99. The summed E-state index contributed by atoms with van der Waals surface area (Å²) in [5.74, 6) is -0.671. The Labute approximate surface area is 314 Å². The van der Waals surface area contributed by atoms with Crippen molar-refractivity contribution < 1.29 is 43.3 Å². The number of hydrogen-bond donors (Lipinski definition) is 5. The van der Waals surface area contributed by atoms with Crippen molar-refractivity contribution >= 4 is 29.5 Å². The van der Waals surface area contributed by atoms with Gasteiger partial charge in [-0.25, -0.2) is 0 Å². The highest BCUT2D eigenvalue weighted by molar-refractivity contribution is 5.95. The molecule has 1 aliphatic carbocycles. The van der Waals surface area contributed by atoms with Gasteiger partial charge in [0.05, 0.1) is 32.8 Å². The number of rotatable bonds is 7. The highest BCUT2D eigenvalue weighted by Crippen LogP contribution is 2.46. The second-order valence-corrected chi connectivity index (χ2v) is 13.7. The molecule has 0 saturated heterocycles. The standard InChI is InChI=1S/C40H49N5O9/c1-26-36(48)42-23-29-12-14-30(22-33(29)53-3)54-34-21-28(13-16-32(34)52-2)37(49)41-19-7-8-20-45(39(51)40(25-46)17-18-40)24-35(47)44-31(38(50)43-26)15-11-27-9-5-4-6-10-27/h4-6,9-10,12-14,16,21-22,26,31,46H,7-8,11,15,17-20,23-25H2,1-3H3,(H,41,49)(H,42,48)(H,43,50)(H,44,47)/t26-,31-/m0/s1. The molecule has 0 radical (unpaired) electrons. The summed E-state index contributed by atoms with van der Waals surface area (Å²) >= 11 is 0. The van der Waals surface area contributed by atoms with E-state index in [1.807, 2.05) is 30.3 Å². The topological polar surface area (TPSA) is 185 Å². The van der Waals surface area contributed by atoms with Crippen LogP contribution in [0.3, 0.4) is 0 Å². The van der Waals surface area contributed by atoms with E-state index in [0.717, 1.165) is 5.56 Å². The number of nitrogens with zero attached hydrogens (tertiary/aromatic N) is 1. The summed E-state index contributed by atoms with van der Waals surface area (Å²) in [4.78, 5) is 68.5. The highest BCUT2D eigenvalue weighted by Gasteiger charge is 2.51. The number of carbonyl (C=O) groups is 5. The first-order valence-corrected chi connectivity index (χ1v) is 18.2. The van der Waals surface area contributed by atoms with Crippen LogP contribution in [0.4, 0.5) is 0 Å². The molecule has 288 valence electrons. The lowest BCUT2D eigenvalue weighted by Gasteiger charge is -2.27. The van der Waals surface area contributed by atoms with Crippen molar-refractivity contribution in [2.45, 2.75) is 64.1 Å². The summed E-state index contributed by atoms with van der Waals surface area (Å²) in [6.07, 6.45) is 2.70. The van der Waals surface area contributed by atoms with Crippen molar-refractivity contribution in [2.24, 2.45) is 5.41 Å². The Balaban J connectivity index is 1.39. The number of benzene rings is 3. The van der Waals surface area contributed by atoms with E-state index >= 15 is 0 Å². The Kier molecular flexibility index (Phi) is 13.5. The molecule has 3 aliphatic rings. The second-order valence-electron chi connectivity index (χ2n) is 13.7. The van der Waals surface area contributed by atoms with Crippen molar-refractivity contribution in [3.63, 3.8) is 0 Å². The number of aliphatic hydroxyl groups is 1. The molecule has 0 aromatic heterocycles. The van der Waals surface area contributed by atoms with Gasteiger partial charge in [-0.1, -0.05) is 30.3 Å². The third kappa shape index (κ3) is 10.3. The number of ether oxygens (including phenoxy) is 3. The van der Waals surface area contributed by atoms with E-state index in [4.69, 9.17) is 14.2 Å². The maximum atomic E-state index is 13.6. The summed E-state index contributed by atoms with van der Waals surface area (Å²) < 4.78 is 17.2. The minimum absolute atomic E-state index is 0.0782. The summed E-state index contributed by atoms with van der Waals surface area (Å²) in [5.41, 5.74) is 1.03. The molecule has 3 aromatic carbocycles. The minimum Gasteiger partial charge on any atom is -0.496 e. The van der Waals surface area contributed by atoms with Gasteiger partial charge in [0.2, 0.25) is 23.6 Å². The molecule has 2 aliphatic heterocycles. The zero-order chi connectivity index (χ0) is 38.7. The first-order valence-electron chi connectivity index (χ1n) is 18.2.